The van der Waals surface area contributed by atoms with Crippen LogP contribution in [0.3, 0.4) is 0 Å². The molecule has 0 unspecified atom stereocenters. The molecule has 32 heavy (non-hydrogen) atoms. The van der Waals surface area contributed by atoms with Gasteiger partial charge in [0.25, 0.3) is 5.91 Å². The van der Waals surface area contributed by atoms with Crippen molar-refractivity contribution in [3.05, 3.63) is 70.2 Å². The molecule has 2 N–H and O–H groups in total. The van der Waals surface area contributed by atoms with E-state index in [2.05, 4.69) is 15.6 Å². The van der Waals surface area contributed by atoms with Crippen molar-refractivity contribution in [2.75, 3.05) is 12.1 Å². The summed E-state index contributed by atoms with van der Waals surface area (Å²) in [4.78, 5) is 17.0. The number of aromatic nitrogens is 1. The van der Waals surface area contributed by atoms with Gasteiger partial charge in [-0.1, -0.05) is 29.3 Å². The second kappa shape index (κ2) is 8.31. The number of fused-ring (bicyclic) bond motifs is 2. The van der Waals surface area contributed by atoms with Crippen LogP contribution in [0.1, 0.15) is 10.4 Å². The highest BCUT2D eigenvalue weighted by molar-refractivity contribution is 7.80. The van der Waals surface area contributed by atoms with Gasteiger partial charge in [-0.25, -0.2) is 4.98 Å². The molecule has 0 radical (unpaired) electrons. The Balaban J connectivity index is 1.31. The Morgan fingerprint density at radius 2 is 1.88 bits per heavy atom. The average Bonchev–Trinajstić information content (AvgIpc) is 3.40. The van der Waals surface area contributed by atoms with Gasteiger partial charge in [0.1, 0.15) is 5.52 Å². The molecule has 0 saturated heterocycles. The van der Waals surface area contributed by atoms with E-state index >= 15 is 0 Å². The number of benzene rings is 3. The summed E-state index contributed by atoms with van der Waals surface area (Å²) >= 11 is 17.5. The molecule has 2 heterocycles. The van der Waals surface area contributed by atoms with E-state index in [0.717, 1.165) is 0 Å². The zero-order valence-corrected chi connectivity index (χ0v) is 18.5. The monoisotopic (exact) mass is 485 g/mol. The summed E-state index contributed by atoms with van der Waals surface area (Å²) in [6, 6.07) is 15.4. The van der Waals surface area contributed by atoms with Gasteiger partial charge in [-0.15, -0.1) is 0 Å². The zero-order valence-electron chi connectivity index (χ0n) is 16.1. The van der Waals surface area contributed by atoms with Gasteiger partial charge in [-0.05, 0) is 60.7 Å². The Morgan fingerprint density at radius 3 is 2.75 bits per heavy atom. The Kier molecular flexibility index (Phi) is 5.34. The fourth-order valence-corrected chi connectivity index (χ4v) is 3.92. The number of nitrogens with zero attached hydrogens (tertiary/aromatic N) is 1. The SMILES string of the molecule is O=C(NC(=S)Nc1cccc(-c2nc3cc(Cl)cc(Cl)c3o2)c1)c1ccc2c(c1)OCO2. The van der Waals surface area contributed by atoms with Crippen LogP contribution in [0.2, 0.25) is 10.0 Å². The molecule has 0 atom stereocenters. The number of oxazole rings is 1. The average molecular weight is 486 g/mol. The Bertz CT molecular complexity index is 1390. The summed E-state index contributed by atoms with van der Waals surface area (Å²) in [5.74, 6) is 1.12. The summed E-state index contributed by atoms with van der Waals surface area (Å²) in [5.41, 5.74) is 2.75. The molecule has 0 fully saturated rings. The molecule has 1 aromatic heterocycles. The third-order valence-electron chi connectivity index (χ3n) is 4.64. The van der Waals surface area contributed by atoms with Crippen molar-refractivity contribution in [1.29, 1.82) is 0 Å². The van der Waals surface area contributed by atoms with Gasteiger partial charge in [0.2, 0.25) is 12.7 Å². The lowest BCUT2D eigenvalue weighted by atomic mass is 10.2. The molecule has 1 aliphatic heterocycles. The van der Waals surface area contributed by atoms with Crippen molar-refractivity contribution >= 4 is 63.2 Å². The third kappa shape index (κ3) is 4.08. The van der Waals surface area contributed by atoms with E-state index < -0.39 is 0 Å². The number of thiocarbonyl (C=S) groups is 1. The van der Waals surface area contributed by atoms with Gasteiger partial charge in [0, 0.05) is 21.8 Å². The summed E-state index contributed by atoms with van der Waals surface area (Å²) in [6.45, 7) is 0.135. The number of nitrogens with one attached hydrogen (secondary N) is 2. The van der Waals surface area contributed by atoms with E-state index in [1.807, 2.05) is 12.1 Å². The Hall–Kier alpha value is -3.33. The number of hydrogen-bond acceptors (Lipinski definition) is 6. The molecule has 10 heteroatoms. The highest BCUT2D eigenvalue weighted by Gasteiger charge is 2.17. The lowest BCUT2D eigenvalue weighted by Crippen LogP contribution is -2.34. The molecule has 5 rings (SSSR count). The molecule has 1 amide bonds. The highest BCUT2D eigenvalue weighted by atomic mass is 35.5. The highest BCUT2D eigenvalue weighted by Crippen LogP contribution is 2.33. The molecule has 160 valence electrons. The van der Waals surface area contributed by atoms with Crippen LogP contribution in [-0.2, 0) is 0 Å². The summed E-state index contributed by atoms with van der Waals surface area (Å²) < 4.78 is 16.4. The minimum Gasteiger partial charge on any atom is -0.454 e. The second-order valence-corrected chi connectivity index (χ2v) is 8.06. The Morgan fingerprint density at radius 1 is 1.03 bits per heavy atom. The Labute approximate surface area is 197 Å². The van der Waals surface area contributed by atoms with Crippen molar-refractivity contribution in [1.82, 2.24) is 10.3 Å². The van der Waals surface area contributed by atoms with Crippen molar-refractivity contribution in [3.8, 4) is 23.0 Å². The number of hydrogen-bond donors (Lipinski definition) is 2. The van der Waals surface area contributed by atoms with E-state index in [1.165, 1.54) is 0 Å². The molecule has 0 bridgehead atoms. The summed E-state index contributed by atoms with van der Waals surface area (Å²) in [7, 11) is 0. The first-order chi connectivity index (χ1) is 15.5. The maximum Gasteiger partial charge on any atom is 0.257 e. The standard InChI is InChI=1S/C22H13Cl2N3O4S/c23-13-8-15(24)19-16(9-13)26-21(31-19)12-2-1-3-14(6-12)25-22(32)27-20(28)11-4-5-17-18(7-11)30-10-29-17/h1-9H,10H2,(H2,25,27,28,32). The molecule has 3 aromatic carbocycles. The zero-order chi connectivity index (χ0) is 22.2. The summed E-state index contributed by atoms with van der Waals surface area (Å²) in [6.07, 6.45) is 0. The van der Waals surface area contributed by atoms with Crippen LogP contribution in [0.5, 0.6) is 11.5 Å². The molecule has 0 aliphatic carbocycles. The normalized spacial score (nSPS) is 12.1. The summed E-state index contributed by atoms with van der Waals surface area (Å²) in [5, 5.41) is 6.62. The maximum atomic E-state index is 12.5. The molecular formula is C22H13Cl2N3O4S. The topological polar surface area (TPSA) is 85.6 Å². The van der Waals surface area contributed by atoms with Crippen LogP contribution in [0.4, 0.5) is 5.69 Å². The van der Waals surface area contributed by atoms with E-state index in [4.69, 9.17) is 49.3 Å². The number of carbonyl (C=O) groups excluding carboxylic acids is 1. The molecular weight excluding hydrogens is 473 g/mol. The van der Waals surface area contributed by atoms with Crippen molar-refractivity contribution in [3.63, 3.8) is 0 Å². The second-order valence-electron chi connectivity index (χ2n) is 6.81. The van der Waals surface area contributed by atoms with Crippen LogP contribution in [-0.4, -0.2) is 22.8 Å². The quantitative estimate of drug-likeness (QED) is 0.362. The predicted molar refractivity (Wildman–Crippen MR) is 126 cm³/mol. The number of anilines is 1. The first-order valence-electron chi connectivity index (χ1n) is 9.34. The van der Waals surface area contributed by atoms with Gasteiger partial charge < -0.3 is 19.2 Å². The predicted octanol–water partition coefficient (Wildman–Crippen LogP) is 5.66. The van der Waals surface area contributed by atoms with Crippen LogP contribution in [0.25, 0.3) is 22.6 Å². The fourth-order valence-electron chi connectivity index (χ4n) is 3.19. The molecule has 7 nitrogen and oxygen atoms in total. The first kappa shape index (κ1) is 20.6. The van der Waals surface area contributed by atoms with Crippen molar-refractivity contribution in [2.45, 2.75) is 0 Å². The van der Waals surface area contributed by atoms with Crippen LogP contribution in [0, 0.1) is 0 Å². The third-order valence-corrected chi connectivity index (χ3v) is 5.34. The fraction of sp³-hybridized carbons (Fsp3) is 0.0455. The van der Waals surface area contributed by atoms with E-state index in [-0.39, 0.29) is 17.8 Å². The molecule has 1 aliphatic rings. The van der Waals surface area contributed by atoms with Gasteiger partial charge in [0.05, 0.1) is 5.02 Å². The largest absolute Gasteiger partial charge is 0.454 e. The lowest BCUT2D eigenvalue weighted by Gasteiger charge is -2.10. The smallest absolute Gasteiger partial charge is 0.257 e. The number of amides is 1. The van der Waals surface area contributed by atoms with Crippen LogP contribution >= 0.6 is 35.4 Å². The number of carbonyl (C=O) groups is 1. The maximum absolute atomic E-state index is 12.5. The van der Waals surface area contributed by atoms with E-state index in [9.17, 15) is 4.79 Å². The van der Waals surface area contributed by atoms with Gasteiger partial charge in [-0.2, -0.15) is 0 Å². The minimum absolute atomic E-state index is 0.135. The van der Waals surface area contributed by atoms with Crippen molar-refractivity contribution in [2.24, 2.45) is 0 Å². The number of ether oxygens (including phenoxy) is 2. The molecule has 0 spiro atoms. The van der Waals surface area contributed by atoms with Crippen LogP contribution in [0.15, 0.2) is 59.0 Å². The number of halogens is 2. The molecule has 0 saturated carbocycles. The van der Waals surface area contributed by atoms with Gasteiger partial charge >= 0.3 is 0 Å². The molecule has 4 aromatic rings. The van der Waals surface area contributed by atoms with Gasteiger partial charge in [-0.3, -0.25) is 10.1 Å². The minimum atomic E-state index is -0.373. The van der Waals surface area contributed by atoms with Gasteiger partial charge in [0.15, 0.2) is 22.2 Å². The van der Waals surface area contributed by atoms with E-state index in [0.29, 0.717) is 55.3 Å². The van der Waals surface area contributed by atoms with E-state index in [1.54, 1.807) is 42.5 Å². The van der Waals surface area contributed by atoms with Crippen molar-refractivity contribution < 1.29 is 18.7 Å². The lowest BCUT2D eigenvalue weighted by molar-refractivity contribution is 0.0977. The first-order valence-corrected chi connectivity index (χ1v) is 10.5. The van der Waals surface area contributed by atoms with Crippen LogP contribution < -0.4 is 20.1 Å². The number of rotatable bonds is 3.